The number of piperidine rings is 1. The lowest BCUT2D eigenvalue weighted by Crippen LogP contribution is -2.63. The fourth-order valence-corrected chi connectivity index (χ4v) is 2.84. The zero-order chi connectivity index (χ0) is 11.8. The van der Waals surface area contributed by atoms with Crippen LogP contribution in [-0.2, 0) is 0 Å². The van der Waals surface area contributed by atoms with Crippen LogP contribution in [0, 0.1) is 10.4 Å². The van der Waals surface area contributed by atoms with Crippen molar-refractivity contribution in [2.24, 2.45) is 0 Å². The van der Waals surface area contributed by atoms with Gasteiger partial charge in [-0.1, -0.05) is 0 Å². The molecular weight excluding hydrogens is 206 g/mol. The molecule has 5 nitrogen and oxygen atoms in total. The summed E-state index contributed by atoms with van der Waals surface area (Å²) in [6.07, 6.45) is 1.60. The maximum atomic E-state index is 12.6. The summed E-state index contributed by atoms with van der Waals surface area (Å²) in [5.74, 6) is 0. The number of piperazine rings is 1. The van der Waals surface area contributed by atoms with Gasteiger partial charge in [0.05, 0.1) is 39.3 Å². The number of quaternary nitrogens is 2. The van der Waals surface area contributed by atoms with Crippen LogP contribution < -0.4 is 0 Å². The van der Waals surface area contributed by atoms with Crippen molar-refractivity contribution >= 4 is 0 Å². The Kier molecular flexibility index (Phi) is 3.25. The second-order valence-electron chi connectivity index (χ2n) is 5.68. The molecule has 0 radical (unpaired) electrons. The molecule has 2 fully saturated rings. The summed E-state index contributed by atoms with van der Waals surface area (Å²) >= 11 is 0. The van der Waals surface area contributed by atoms with Crippen molar-refractivity contribution in [3.05, 3.63) is 10.4 Å². The molecule has 0 amide bonds. The normalized spacial score (nSPS) is 40.9. The van der Waals surface area contributed by atoms with Gasteiger partial charge in [-0.25, -0.2) is 0 Å². The molecule has 0 spiro atoms. The van der Waals surface area contributed by atoms with E-state index < -0.39 is 0 Å². The van der Waals surface area contributed by atoms with Gasteiger partial charge in [-0.05, 0) is 7.05 Å². The molecule has 0 atom stereocenters. The molecule has 2 aliphatic rings. The largest absolute Gasteiger partial charge is 0.633 e. The highest BCUT2D eigenvalue weighted by atomic mass is 16.6. The molecule has 2 saturated heterocycles. The van der Waals surface area contributed by atoms with Gasteiger partial charge in [0.15, 0.2) is 0 Å². The minimum Gasteiger partial charge on any atom is -0.633 e. The van der Waals surface area contributed by atoms with Gasteiger partial charge in [0.1, 0.15) is 0 Å². The number of hydrogen-bond donors (Lipinski definition) is 0. The highest BCUT2D eigenvalue weighted by molar-refractivity contribution is 4.71. The second-order valence-corrected chi connectivity index (χ2v) is 5.68. The van der Waals surface area contributed by atoms with Crippen molar-refractivity contribution in [1.82, 2.24) is 4.90 Å². The van der Waals surface area contributed by atoms with Crippen LogP contribution in [0.4, 0.5) is 0 Å². The van der Waals surface area contributed by atoms with Crippen LogP contribution >= 0.6 is 0 Å². The monoisotopic (exact) mass is 229 g/mol. The van der Waals surface area contributed by atoms with Gasteiger partial charge >= 0.3 is 0 Å². The summed E-state index contributed by atoms with van der Waals surface area (Å²) in [5.41, 5.74) is 0. The SMILES string of the molecule is CN1CC[N+]([O-])(C2CC[N+](C)([O-])CC2)CC1. The first-order chi connectivity index (χ1) is 7.41. The topological polar surface area (TPSA) is 49.4 Å². The Morgan fingerprint density at radius 2 is 1.50 bits per heavy atom. The minimum absolute atomic E-state index is 0.0513. The van der Waals surface area contributed by atoms with E-state index in [0.717, 1.165) is 25.9 Å². The van der Waals surface area contributed by atoms with Crippen molar-refractivity contribution < 1.29 is 9.29 Å². The van der Waals surface area contributed by atoms with Crippen molar-refractivity contribution in [3.8, 4) is 0 Å². The predicted molar refractivity (Wildman–Crippen MR) is 63.2 cm³/mol. The number of nitrogens with zero attached hydrogens (tertiary/aromatic N) is 3. The second kappa shape index (κ2) is 4.23. The summed E-state index contributed by atoms with van der Waals surface area (Å²) in [6.45, 7) is 4.41. The molecule has 0 saturated carbocycles. The van der Waals surface area contributed by atoms with Crippen molar-refractivity contribution in [3.63, 3.8) is 0 Å². The van der Waals surface area contributed by atoms with Crippen LogP contribution in [0.2, 0.25) is 0 Å². The Bertz CT molecular complexity index is 240. The molecule has 0 unspecified atom stereocenters. The maximum Gasteiger partial charge on any atom is 0.0997 e. The first kappa shape index (κ1) is 12.3. The highest BCUT2D eigenvalue weighted by Crippen LogP contribution is 2.26. The molecule has 2 aliphatic heterocycles. The van der Waals surface area contributed by atoms with E-state index in [1.807, 2.05) is 0 Å². The number of rotatable bonds is 1. The first-order valence-corrected chi connectivity index (χ1v) is 6.23. The third-order valence-corrected chi connectivity index (χ3v) is 4.26. The van der Waals surface area contributed by atoms with E-state index in [-0.39, 0.29) is 15.3 Å². The summed E-state index contributed by atoms with van der Waals surface area (Å²) in [5, 5.41) is 24.4. The Morgan fingerprint density at radius 3 is 2.00 bits per heavy atom. The van der Waals surface area contributed by atoms with Gasteiger partial charge in [-0.3, -0.25) is 4.90 Å². The summed E-state index contributed by atoms with van der Waals surface area (Å²) in [6, 6.07) is 0.175. The number of likely N-dealkylation sites (N-methyl/N-ethyl adjacent to an activating group) is 1. The van der Waals surface area contributed by atoms with Gasteiger partial charge in [-0.2, -0.15) is 0 Å². The number of likely N-dealkylation sites (tertiary alicyclic amines) is 1. The third-order valence-electron chi connectivity index (χ3n) is 4.26. The zero-order valence-electron chi connectivity index (χ0n) is 10.4. The molecule has 0 aromatic rings. The molecule has 0 aliphatic carbocycles. The fraction of sp³-hybridized carbons (Fsp3) is 1.00. The van der Waals surface area contributed by atoms with Gasteiger partial charge < -0.3 is 19.7 Å². The molecule has 0 N–H and O–H groups in total. The lowest BCUT2D eigenvalue weighted by Gasteiger charge is -2.56. The average molecular weight is 229 g/mol. The van der Waals surface area contributed by atoms with E-state index in [4.69, 9.17) is 0 Å². The Balaban J connectivity index is 1.93. The molecule has 94 valence electrons. The van der Waals surface area contributed by atoms with E-state index in [2.05, 4.69) is 11.9 Å². The van der Waals surface area contributed by atoms with E-state index in [0.29, 0.717) is 26.2 Å². The first-order valence-electron chi connectivity index (χ1n) is 6.23. The quantitative estimate of drug-likeness (QED) is 0.481. The highest BCUT2D eigenvalue weighted by Gasteiger charge is 2.36. The summed E-state index contributed by atoms with van der Waals surface area (Å²) in [4.78, 5) is 2.21. The van der Waals surface area contributed by atoms with Gasteiger partial charge in [-0.15, -0.1) is 0 Å². The molecular formula is C11H23N3O2. The van der Waals surface area contributed by atoms with Gasteiger partial charge in [0, 0.05) is 25.9 Å². The van der Waals surface area contributed by atoms with Crippen LogP contribution in [0.25, 0.3) is 0 Å². The van der Waals surface area contributed by atoms with Crippen LogP contribution in [0.5, 0.6) is 0 Å². The average Bonchev–Trinajstić information content (AvgIpc) is 2.22. The van der Waals surface area contributed by atoms with Crippen molar-refractivity contribution in [1.29, 1.82) is 0 Å². The van der Waals surface area contributed by atoms with Crippen LogP contribution in [-0.4, -0.2) is 73.6 Å². The maximum absolute atomic E-state index is 12.6. The van der Waals surface area contributed by atoms with E-state index in [1.165, 1.54) is 0 Å². The minimum atomic E-state index is -0.156. The van der Waals surface area contributed by atoms with E-state index >= 15 is 0 Å². The van der Waals surface area contributed by atoms with Gasteiger partial charge in [0.2, 0.25) is 0 Å². The molecule has 0 bridgehead atoms. The number of hydroxylamine groups is 6. The fourth-order valence-electron chi connectivity index (χ4n) is 2.84. The molecule has 5 heteroatoms. The standard InChI is InChI=1S/C11H23N3O2/c1-12-5-9-14(16,10-6-12)11-3-7-13(2,15)8-4-11/h11H,3-10H2,1-2H3. The predicted octanol–water partition coefficient (Wildman–Crippen LogP) is 0.353. The molecule has 0 aromatic heterocycles. The third kappa shape index (κ3) is 2.55. The smallest absolute Gasteiger partial charge is 0.0997 e. The van der Waals surface area contributed by atoms with E-state index in [1.54, 1.807) is 7.05 Å². The molecule has 16 heavy (non-hydrogen) atoms. The van der Waals surface area contributed by atoms with Crippen molar-refractivity contribution in [2.45, 2.75) is 18.9 Å². The van der Waals surface area contributed by atoms with Crippen molar-refractivity contribution in [2.75, 3.05) is 53.4 Å². The molecule has 0 aromatic carbocycles. The Morgan fingerprint density at radius 1 is 1.00 bits per heavy atom. The van der Waals surface area contributed by atoms with E-state index in [9.17, 15) is 10.4 Å². The zero-order valence-corrected chi connectivity index (χ0v) is 10.4. The lowest BCUT2D eigenvalue weighted by molar-refractivity contribution is -0.934. The van der Waals surface area contributed by atoms with Crippen LogP contribution in [0.1, 0.15) is 12.8 Å². The Labute approximate surface area is 97.6 Å². The molecule has 2 rings (SSSR count). The number of hydrogen-bond acceptors (Lipinski definition) is 3. The Hall–Kier alpha value is -0.200. The van der Waals surface area contributed by atoms with Crippen LogP contribution in [0.3, 0.4) is 0 Å². The van der Waals surface area contributed by atoms with Crippen LogP contribution in [0.15, 0.2) is 0 Å². The van der Waals surface area contributed by atoms with Gasteiger partial charge in [0.25, 0.3) is 0 Å². The summed E-state index contributed by atoms with van der Waals surface area (Å²) in [7, 11) is 3.78. The summed E-state index contributed by atoms with van der Waals surface area (Å²) < 4.78 is -0.208. The molecule has 2 heterocycles. The lowest BCUT2D eigenvalue weighted by atomic mass is 10.0.